The summed E-state index contributed by atoms with van der Waals surface area (Å²) in [6.07, 6.45) is 1.24. The summed E-state index contributed by atoms with van der Waals surface area (Å²) >= 11 is 0. The smallest absolute Gasteiger partial charge is 0.344 e. The van der Waals surface area contributed by atoms with Crippen LogP contribution >= 0.6 is 0 Å². The molecule has 1 fully saturated rings. The fraction of sp³-hybridized carbons (Fsp3) is 0.600. The number of amides is 1. The fourth-order valence-electron chi connectivity index (χ4n) is 3.41. The van der Waals surface area contributed by atoms with Crippen molar-refractivity contribution < 1.29 is 33.1 Å². The Bertz CT molecular complexity index is 776. The summed E-state index contributed by atoms with van der Waals surface area (Å²) in [5.74, 6) is -1.64. The van der Waals surface area contributed by atoms with Gasteiger partial charge in [0.05, 0.1) is 31.2 Å². The molecule has 0 saturated carbocycles. The molecule has 1 aromatic rings. The van der Waals surface area contributed by atoms with Gasteiger partial charge in [-0.15, -0.1) is 0 Å². The van der Waals surface area contributed by atoms with Crippen LogP contribution in [0.2, 0.25) is 0 Å². The molecule has 0 radical (unpaired) electrons. The molecule has 9 nitrogen and oxygen atoms in total. The van der Waals surface area contributed by atoms with Crippen molar-refractivity contribution in [2.24, 2.45) is 5.92 Å². The molecule has 29 heavy (non-hydrogen) atoms. The number of carbonyl (C=O) groups is 4. The molecular formula is C20H28N2O7. The minimum atomic E-state index is -0.722. The van der Waals surface area contributed by atoms with Gasteiger partial charge in [0.15, 0.2) is 5.78 Å². The van der Waals surface area contributed by atoms with E-state index in [2.05, 4.69) is 5.32 Å². The predicted molar refractivity (Wildman–Crippen MR) is 104 cm³/mol. The van der Waals surface area contributed by atoms with Crippen molar-refractivity contribution >= 4 is 29.5 Å². The van der Waals surface area contributed by atoms with Crippen LogP contribution in [0.25, 0.3) is 0 Å². The van der Waals surface area contributed by atoms with Crippen molar-refractivity contribution in [2.45, 2.75) is 40.5 Å². The number of nitrogens with zero attached hydrogens (tertiary/aromatic N) is 1. The molecule has 1 aliphatic rings. The molecule has 0 aliphatic carbocycles. The first-order valence-electron chi connectivity index (χ1n) is 9.78. The van der Waals surface area contributed by atoms with Crippen molar-refractivity contribution in [3.8, 4) is 0 Å². The first-order valence-corrected chi connectivity index (χ1v) is 9.78. The van der Waals surface area contributed by atoms with E-state index >= 15 is 0 Å². The van der Waals surface area contributed by atoms with Crippen molar-refractivity contribution in [1.82, 2.24) is 4.90 Å². The third-order valence-electron chi connectivity index (χ3n) is 4.74. The minimum absolute atomic E-state index is 0.0637. The number of furan rings is 1. The Balaban J connectivity index is 2.02. The van der Waals surface area contributed by atoms with E-state index in [1.807, 2.05) is 4.90 Å². The topological polar surface area (TPSA) is 115 Å². The van der Waals surface area contributed by atoms with Crippen LogP contribution in [0.4, 0.5) is 5.88 Å². The van der Waals surface area contributed by atoms with E-state index in [0.717, 1.165) is 0 Å². The number of piperidine rings is 1. The third kappa shape index (κ3) is 5.66. The Labute approximate surface area is 169 Å². The average Bonchev–Trinajstić information content (AvgIpc) is 2.98. The van der Waals surface area contributed by atoms with E-state index in [1.54, 1.807) is 20.8 Å². The largest absolute Gasteiger partial charge is 0.466 e. The highest BCUT2D eigenvalue weighted by molar-refractivity contribution is 6.10. The Morgan fingerprint density at radius 3 is 2.24 bits per heavy atom. The van der Waals surface area contributed by atoms with Gasteiger partial charge in [-0.25, -0.2) is 4.79 Å². The molecule has 1 aromatic heterocycles. The summed E-state index contributed by atoms with van der Waals surface area (Å²) < 4.78 is 15.5. The van der Waals surface area contributed by atoms with Crippen LogP contribution in [0.5, 0.6) is 0 Å². The fourth-order valence-corrected chi connectivity index (χ4v) is 3.41. The van der Waals surface area contributed by atoms with Crippen molar-refractivity contribution in [3.05, 3.63) is 16.9 Å². The zero-order valence-electron chi connectivity index (χ0n) is 17.3. The van der Waals surface area contributed by atoms with Crippen LogP contribution < -0.4 is 5.32 Å². The van der Waals surface area contributed by atoms with Crippen molar-refractivity contribution in [1.29, 1.82) is 0 Å². The molecule has 1 aliphatic heterocycles. The second-order valence-electron chi connectivity index (χ2n) is 6.86. The van der Waals surface area contributed by atoms with Gasteiger partial charge in [0.25, 0.3) is 0 Å². The summed E-state index contributed by atoms with van der Waals surface area (Å²) in [4.78, 5) is 50.4. The summed E-state index contributed by atoms with van der Waals surface area (Å²) in [6.45, 7) is 8.02. The van der Waals surface area contributed by atoms with Gasteiger partial charge in [0, 0.05) is 0 Å². The van der Waals surface area contributed by atoms with Gasteiger partial charge in [-0.1, -0.05) is 0 Å². The van der Waals surface area contributed by atoms with Crippen LogP contribution in [0.15, 0.2) is 4.42 Å². The molecule has 0 atom stereocenters. The first-order chi connectivity index (χ1) is 13.8. The van der Waals surface area contributed by atoms with Crippen LogP contribution in [0.1, 0.15) is 60.1 Å². The first kappa shape index (κ1) is 22.6. The lowest BCUT2D eigenvalue weighted by Gasteiger charge is -2.30. The minimum Gasteiger partial charge on any atom is -0.466 e. The number of ketones is 1. The third-order valence-corrected chi connectivity index (χ3v) is 4.74. The molecule has 1 saturated heterocycles. The Morgan fingerprint density at radius 1 is 1.07 bits per heavy atom. The standard InChI is InChI=1S/C20H28N2O7/c1-5-27-19(25)14-7-9-22(10-8-14)11-15(24)21-18-17(20(26)28-6-2)16(12(3)23)13(4)29-18/h14H,5-11H2,1-4H3,(H,21,24). The Hall–Kier alpha value is -2.68. The molecular weight excluding hydrogens is 380 g/mol. The van der Waals surface area contributed by atoms with E-state index in [1.165, 1.54) is 6.92 Å². The van der Waals surface area contributed by atoms with Gasteiger partial charge >= 0.3 is 11.9 Å². The molecule has 1 N–H and O–H groups in total. The quantitative estimate of drug-likeness (QED) is 0.514. The summed E-state index contributed by atoms with van der Waals surface area (Å²) in [7, 11) is 0. The Kier molecular flexibility index (Phi) is 7.95. The lowest BCUT2D eigenvalue weighted by atomic mass is 9.97. The van der Waals surface area contributed by atoms with E-state index in [0.29, 0.717) is 32.5 Å². The SMILES string of the molecule is CCOC(=O)c1c(NC(=O)CN2CCC(C(=O)OCC)CC2)oc(C)c1C(C)=O. The maximum Gasteiger partial charge on any atom is 0.344 e. The molecule has 160 valence electrons. The second-order valence-corrected chi connectivity index (χ2v) is 6.86. The molecule has 2 heterocycles. The number of nitrogens with one attached hydrogen (secondary N) is 1. The van der Waals surface area contributed by atoms with Crippen molar-refractivity contribution in [3.63, 3.8) is 0 Å². The number of esters is 2. The number of aryl methyl sites for hydroxylation is 1. The number of hydrogen-bond acceptors (Lipinski definition) is 8. The highest BCUT2D eigenvalue weighted by atomic mass is 16.5. The maximum absolute atomic E-state index is 12.5. The molecule has 0 bridgehead atoms. The number of hydrogen-bond donors (Lipinski definition) is 1. The lowest BCUT2D eigenvalue weighted by Crippen LogP contribution is -2.41. The summed E-state index contributed by atoms with van der Waals surface area (Å²) in [5.41, 5.74) is 0.0419. The van der Waals surface area contributed by atoms with E-state index in [-0.39, 0.29) is 59.5 Å². The summed E-state index contributed by atoms with van der Waals surface area (Å²) in [6, 6.07) is 0. The summed E-state index contributed by atoms with van der Waals surface area (Å²) in [5, 5.41) is 2.58. The van der Waals surface area contributed by atoms with E-state index < -0.39 is 5.97 Å². The molecule has 1 amide bonds. The number of rotatable bonds is 8. The second kappa shape index (κ2) is 10.2. The lowest BCUT2D eigenvalue weighted by molar-refractivity contribution is -0.149. The number of carbonyl (C=O) groups excluding carboxylic acids is 4. The number of anilines is 1. The van der Waals surface area contributed by atoms with Crippen LogP contribution in [-0.4, -0.2) is 61.4 Å². The number of likely N-dealkylation sites (tertiary alicyclic amines) is 1. The zero-order valence-corrected chi connectivity index (χ0v) is 17.3. The van der Waals surface area contributed by atoms with Crippen LogP contribution in [-0.2, 0) is 19.1 Å². The van der Waals surface area contributed by atoms with Gasteiger partial charge in [-0.2, -0.15) is 0 Å². The molecule has 0 spiro atoms. The van der Waals surface area contributed by atoms with Crippen LogP contribution in [0, 0.1) is 12.8 Å². The van der Waals surface area contributed by atoms with Crippen LogP contribution in [0.3, 0.4) is 0 Å². The maximum atomic E-state index is 12.5. The van der Waals surface area contributed by atoms with Gasteiger partial charge in [-0.05, 0) is 53.6 Å². The van der Waals surface area contributed by atoms with E-state index in [4.69, 9.17) is 13.9 Å². The molecule has 2 rings (SSSR count). The highest BCUT2D eigenvalue weighted by Gasteiger charge is 2.30. The molecule has 0 unspecified atom stereocenters. The van der Waals surface area contributed by atoms with Gasteiger partial charge in [0.1, 0.15) is 11.3 Å². The van der Waals surface area contributed by atoms with Gasteiger partial charge in [0.2, 0.25) is 11.8 Å². The normalized spacial score (nSPS) is 15.0. The zero-order chi connectivity index (χ0) is 21.6. The average molecular weight is 408 g/mol. The Morgan fingerprint density at radius 2 is 1.69 bits per heavy atom. The van der Waals surface area contributed by atoms with Crippen molar-refractivity contribution in [2.75, 3.05) is 38.2 Å². The highest BCUT2D eigenvalue weighted by Crippen LogP contribution is 2.28. The monoisotopic (exact) mass is 408 g/mol. The van der Waals surface area contributed by atoms with Gasteiger partial charge in [-0.3, -0.25) is 24.6 Å². The molecule has 9 heteroatoms. The predicted octanol–water partition coefficient (Wildman–Crippen LogP) is 2.18. The van der Waals surface area contributed by atoms with E-state index in [9.17, 15) is 19.2 Å². The molecule has 0 aromatic carbocycles. The number of ether oxygens (including phenoxy) is 2. The van der Waals surface area contributed by atoms with Gasteiger partial charge < -0.3 is 13.9 Å². The number of Topliss-reactive ketones (excluding diaryl/α,β-unsaturated/α-hetero) is 1.